The second-order valence-electron chi connectivity index (χ2n) is 19.2. The minimum Gasteiger partial charge on any atom is -0.456 e. The van der Waals surface area contributed by atoms with E-state index < -0.39 is 126 Å². The van der Waals surface area contributed by atoms with Gasteiger partial charge >= 0.3 is 23.9 Å². The van der Waals surface area contributed by atoms with Gasteiger partial charge in [0, 0.05) is 49.7 Å². The van der Waals surface area contributed by atoms with Gasteiger partial charge in [-0.2, -0.15) is 0 Å². The van der Waals surface area contributed by atoms with E-state index in [1.54, 1.807) is 120 Å². The second-order valence-corrected chi connectivity index (χ2v) is 19.2. The van der Waals surface area contributed by atoms with Crippen molar-refractivity contribution in [3.8, 4) is 0 Å². The van der Waals surface area contributed by atoms with Crippen LogP contribution in [0.25, 0.3) is 0 Å². The number of rotatable bonds is 17. The van der Waals surface area contributed by atoms with Gasteiger partial charge in [0.2, 0.25) is 0 Å². The zero-order chi connectivity index (χ0) is 50.8. The van der Waals surface area contributed by atoms with E-state index in [2.05, 4.69) is 5.32 Å². The number of benzene rings is 3. The van der Waals surface area contributed by atoms with Gasteiger partial charge in [-0.15, -0.1) is 0 Å². The van der Waals surface area contributed by atoms with Crippen LogP contribution in [0.5, 0.6) is 0 Å². The van der Waals surface area contributed by atoms with Crippen LogP contribution < -0.4 is 5.32 Å². The summed E-state index contributed by atoms with van der Waals surface area (Å²) in [5.74, 6) is -5.44. The number of ether oxygens (including phenoxy) is 8. The molecule has 0 radical (unpaired) electrons. The molecule has 7 rings (SSSR count). The van der Waals surface area contributed by atoms with Gasteiger partial charge in [0.25, 0.3) is 5.91 Å². The molecule has 70 heavy (non-hydrogen) atoms. The highest BCUT2D eigenvalue weighted by Crippen LogP contribution is 2.66. The monoisotopic (exact) mass is 969 g/mol. The summed E-state index contributed by atoms with van der Waals surface area (Å²) in [6.45, 7) is 11.6. The number of hydrogen-bond donors (Lipinski definition) is 3. The number of aldehydes is 1. The number of nitrogens with one attached hydrogen (secondary N) is 1. The summed E-state index contributed by atoms with van der Waals surface area (Å²) in [5, 5.41) is 30.3. The predicted molar refractivity (Wildman–Crippen MR) is 248 cm³/mol. The molecule has 3 aliphatic carbocycles. The van der Waals surface area contributed by atoms with E-state index in [1.165, 1.54) is 19.1 Å². The summed E-state index contributed by atoms with van der Waals surface area (Å²) in [7, 11) is 0. The largest absolute Gasteiger partial charge is 0.456 e. The van der Waals surface area contributed by atoms with E-state index >= 15 is 4.79 Å². The standard InChI is InChI=1S/C53H63NO16/c1-9-63-33(5)67-43(41(34-19-13-10-14-20-34)54-47(59)35-21-15-11-16-22-35)49(61)68-37-28-53(62)46(69-48(60)36-23-17-12-18-24-36)44-51(8,45(58)42(66-31(3)56)40(30(37)2)50(53,6)7)38(64-26-25-55)27-39-52(44,29-65-39)70-32(4)57/h10-25,33,37-39,41-46,58,62H,9,26-29H2,1-8H3,(H,54,59)/t33?,37-,38-,39+,41-,42+,43+,44-,45-,46-,51+,52-,53+/m0/s1. The van der Waals surface area contributed by atoms with Crippen molar-refractivity contribution in [3.63, 3.8) is 0 Å². The van der Waals surface area contributed by atoms with Gasteiger partial charge in [-0.25, -0.2) is 9.59 Å². The summed E-state index contributed by atoms with van der Waals surface area (Å²) in [6.07, 6.45) is -11.4. The second kappa shape index (κ2) is 20.9. The van der Waals surface area contributed by atoms with Gasteiger partial charge in [0.15, 0.2) is 24.1 Å². The first-order chi connectivity index (χ1) is 33.2. The normalized spacial score (nSPS) is 31.0. The van der Waals surface area contributed by atoms with E-state index in [0.717, 1.165) is 6.92 Å². The number of esters is 4. The van der Waals surface area contributed by atoms with E-state index in [4.69, 9.17) is 37.9 Å². The molecule has 2 saturated carbocycles. The number of carbonyl (C=O) groups is 6. The Morgan fingerprint density at radius 3 is 2.04 bits per heavy atom. The molecule has 13 atom stereocenters. The zero-order valence-electron chi connectivity index (χ0n) is 40.7. The van der Waals surface area contributed by atoms with Crippen LogP contribution in [0.2, 0.25) is 0 Å². The highest BCUT2D eigenvalue weighted by Gasteiger charge is 2.78. The fraction of sp³-hybridized carbons (Fsp3) is 0.509. The molecule has 17 nitrogen and oxygen atoms in total. The van der Waals surface area contributed by atoms with Crippen LogP contribution in [-0.2, 0) is 57.1 Å². The Morgan fingerprint density at radius 1 is 0.871 bits per heavy atom. The van der Waals surface area contributed by atoms with Gasteiger partial charge < -0.3 is 58.2 Å². The van der Waals surface area contributed by atoms with Crippen molar-refractivity contribution in [2.45, 2.75) is 134 Å². The van der Waals surface area contributed by atoms with Crippen LogP contribution in [0, 0.1) is 16.7 Å². The molecule has 1 amide bonds. The molecular formula is C53H63NO16. The third-order valence-electron chi connectivity index (χ3n) is 14.8. The van der Waals surface area contributed by atoms with Crippen molar-refractivity contribution < 1.29 is 76.9 Å². The first-order valence-electron chi connectivity index (χ1n) is 23.5. The first-order valence-corrected chi connectivity index (χ1v) is 23.5. The Morgan fingerprint density at radius 2 is 1.49 bits per heavy atom. The van der Waals surface area contributed by atoms with E-state index in [-0.39, 0.29) is 36.3 Å². The lowest BCUT2D eigenvalue weighted by Crippen LogP contribution is -2.82. The number of fused-ring (bicyclic) bond motifs is 5. The summed E-state index contributed by atoms with van der Waals surface area (Å²) in [5.41, 5.74) is -6.23. The molecule has 0 spiro atoms. The van der Waals surface area contributed by atoms with Crippen LogP contribution in [0.3, 0.4) is 0 Å². The maximum absolute atomic E-state index is 15.2. The van der Waals surface area contributed by atoms with Crippen LogP contribution in [0.15, 0.2) is 102 Å². The molecule has 1 saturated heterocycles. The predicted octanol–water partition coefficient (Wildman–Crippen LogP) is 5.16. The SMILES string of the molecule is CCOC(C)O[C@@H](C(=O)O[C@H]1C[C@@]2(O)[C@@H](OC(=O)c3ccccc3)[C@@H]3[C@]4(OC(C)=O)CO[C@@H]4C[C@H](OCC=O)[C@@]3(C)[C@@H](O)[C@H](OC(C)=O)C(=C1C)C2(C)C)[C@@H](NC(=O)c1ccccc1)c1ccccc1. The molecule has 17 heteroatoms. The Hall–Kier alpha value is -5.82. The summed E-state index contributed by atoms with van der Waals surface area (Å²) in [6, 6.07) is 23.9. The Balaban J connectivity index is 1.44. The third kappa shape index (κ3) is 9.54. The lowest BCUT2D eigenvalue weighted by molar-refractivity contribution is -0.367. The van der Waals surface area contributed by atoms with Gasteiger partial charge in [-0.1, -0.05) is 87.5 Å². The van der Waals surface area contributed by atoms with Gasteiger partial charge in [0.05, 0.1) is 30.2 Å². The average Bonchev–Trinajstić information content (AvgIpc) is 3.32. The molecule has 4 aliphatic rings. The van der Waals surface area contributed by atoms with Crippen LogP contribution in [-0.4, -0.2) is 126 Å². The van der Waals surface area contributed by atoms with Gasteiger partial charge in [-0.05, 0) is 61.7 Å². The lowest BCUT2D eigenvalue weighted by Gasteiger charge is -2.69. The molecule has 0 aromatic heterocycles. The van der Waals surface area contributed by atoms with E-state index in [9.17, 15) is 34.2 Å². The van der Waals surface area contributed by atoms with Crippen molar-refractivity contribution in [2.24, 2.45) is 16.7 Å². The molecule has 3 aromatic rings. The molecule has 376 valence electrons. The van der Waals surface area contributed by atoms with E-state index in [1.807, 2.05) is 0 Å². The summed E-state index contributed by atoms with van der Waals surface area (Å²) in [4.78, 5) is 82.3. The van der Waals surface area contributed by atoms with Crippen molar-refractivity contribution in [3.05, 3.63) is 119 Å². The van der Waals surface area contributed by atoms with Crippen molar-refractivity contribution in [1.29, 1.82) is 0 Å². The Kier molecular flexibility index (Phi) is 15.5. The van der Waals surface area contributed by atoms with Crippen molar-refractivity contribution in [1.82, 2.24) is 5.32 Å². The quantitative estimate of drug-likeness (QED) is 0.0522. The number of aliphatic hydroxyl groups is 2. The molecule has 3 aromatic carbocycles. The average molecular weight is 970 g/mol. The smallest absolute Gasteiger partial charge is 0.338 e. The molecular weight excluding hydrogens is 907 g/mol. The van der Waals surface area contributed by atoms with Crippen LogP contribution in [0.4, 0.5) is 0 Å². The first kappa shape index (κ1) is 52.0. The minimum atomic E-state index is -2.36. The number of hydrogen-bond acceptors (Lipinski definition) is 16. The van der Waals surface area contributed by atoms with Crippen LogP contribution >= 0.6 is 0 Å². The zero-order valence-corrected chi connectivity index (χ0v) is 40.7. The lowest BCUT2D eigenvalue weighted by atomic mass is 9.44. The third-order valence-corrected chi connectivity index (χ3v) is 14.8. The highest BCUT2D eigenvalue weighted by molar-refractivity contribution is 5.95. The minimum absolute atomic E-state index is 0.0393. The fourth-order valence-electron chi connectivity index (χ4n) is 11.4. The Labute approximate surface area is 407 Å². The number of carbonyl (C=O) groups excluding carboxylic acids is 6. The Bertz CT molecular complexity index is 2430. The molecule has 1 aliphatic heterocycles. The molecule has 3 N–H and O–H groups in total. The highest BCUT2D eigenvalue weighted by atomic mass is 16.7. The van der Waals surface area contributed by atoms with Crippen molar-refractivity contribution >= 4 is 36.1 Å². The van der Waals surface area contributed by atoms with Gasteiger partial charge in [-0.3, -0.25) is 14.4 Å². The van der Waals surface area contributed by atoms with E-state index in [0.29, 0.717) is 17.4 Å². The molecule has 1 unspecified atom stereocenters. The number of aliphatic hydroxyl groups excluding tert-OH is 1. The van der Waals surface area contributed by atoms with Crippen LogP contribution in [0.1, 0.15) is 101 Å². The summed E-state index contributed by atoms with van der Waals surface area (Å²) >= 11 is 0. The van der Waals surface area contributed by atoms with Crippen molar-refractivity contribution in [2.75, 3.05) is 19.8 Å². The summed E-state index contributed by atoms with van der Waals surface area (Å²) < 4.78 is 49.9. The molecule has 1 heterocycles. The van der Waals surface area contributed by atoms with Gasteiger partial charge in [0.1, 0.15) is 42.9 Å². The maximum Gasteiger partial charge on any atom is 0.338 e. The number of amides is 1. The topological polar surface area (TPSA) is 229 Å². The molecule has 2 bridgehead atoms. The maximum atomic E-state index is 15.2. The fourth-order valence-corrected chi connectivity index (χ4v) is 11.4. The molecule has 3 fully saturated rings.